The Hall–Kier alpha value is -0.420. The molecule has 1 fully saturated rings. The Kier molecular flexibility index (Phi) is 6.73. The van der Waals surface area contributed by atoms with E-state index in [9.17, 15) is 5.11 Å². The molecule has 0 unspecified atom stereocenters. The molecule has 0 amide bonds. The van der Waals surface area contributed by atoms with Crippen molar-refractivity contribution < 1.29 is 19.3 Å². The van der Waals surface area contributed by atoms with Crippen LogP contribution in [-0.4, -0.2) is 42.9 Å². The number of allylic oxidation sites excluding steroid dienone is 2. The molecule has 1 aliphatic rings. The van der Waals surface area contributed by atoms with Crippen molar-refractivity contribution in [1.82, 2.24) is 0 Å². The normalized spacial score (nSPS) is 25.7. The van der Waals surface area contributed by atoms with Crippen molar-refractivity contribution in [3.05, 3.63) is 12.2 Å². The van der Waals surface area contributed by atoms with Crippen molar-refractivity contribution in [3.63, 3.8) is 0 Å². The second-order valence-corrected chi connectivity index (χ2v) is 4.06. The van der Waals surface area contributed by atoms with Gasteiger partial charge in [-0.3, -0.25) is 0 Å². The van der Waals surface area contributed by atoms with Crippen LogP contribution in [0.4, 0.5) is 0 Å². The van der Waals surface area contributed by atoms with Gasteiger partial charge in [-0.15, -0.1) is 0 Å². The molecule has 0 aromatic carbocycles. The first-order valence-electron chi connectivity index (χ1n) is 6.42. The molecule has 0 aromatic heterocycles. The van der Waals surface area contributed by atoms with Gasteiger partial charge in [0, 0.05) is 13.2 Å². The third-order valence-corrected chi connectivity index (χ3v) is 2.74. The van der Waals surface area contributed by atoms with E-state index >= 15 is 0 Å². The van der Waals surface area contributed by atoms with Crippen LogP contribution >= 0.6 is 0 Å². The van der Waals surface area contributed by atoms with Crippen LogP contribution < -0.4 is 0 Å². The van der Waals surface area contributed by atoms with Crippen molar-refractivity contribution in [3.8, 4) is 0 Å². The molecule has 0 saturated carbocycles. The van der Waals surface area contributed by atoms with E-state index in [2.05, 4.69) is 0 Å². The van der Waals surface area contributed by atoms with Crippen molar-refractivity contribution in [1.29, 1.82) is 0 Å². The van der Waals surface area contributed by atoms with Gasteiger partial charge in [-0.1, -0.05) is 12.2 Å². The fourth-order valence-electron chi connectivity index (χ4n) is 1.83. The highest BCUT2D eigenvalue weighted by molar-refractivity contribution is 4.94. The van der Waals surface area contributed by atoms with E-state index in [4.69, 9.17) is 14.2 Å². The zero-order valence-electron chi connectivity index (χ0n) is 11.0. The van der Waals surface area contributed by atoms with Gasteiger partial charge < -0.3 is 19.3 Å². The maximum absolute atomic E-state index is 9.90. The highest BCUT2D eigenvalue weighted by atomic mass is 16.7. The van der Waals surface area contributed by atoms with Crippen LogP contribution in [0.3, 0.4) is 0 Å². The molecule has 100 valence electrons. The lowest BCUT2D eigenvalue weighted by Gasteiger charge is -2.15. The van der Waals surface area contributed by atoms with E-state index in [1.165, 1.54) is 0 Å². The minimum Gasteiger partial charge on any atom is -0.390 e. The third kappa shape index (κ3) is 4.76. The predicted octanol–water partition coefficient (Wildman–Crippen LogP) is 1.87. The van der Waals surface area contributed by atoms with Crippen LogP contribution in [0.15, 0.2) is 12.2 Å². The molecule has 1 heterocycles. The Morgan fingerprint density at radius 2 is 1.88 bits per heavy atom. The maximum atomic E-state index is 9.90. The van der Waals surface area contributed by atoms with E-state index in [1.54, 1.807) is 0 Å². The SMILES string of the molecule is C/C=C/CC[C@H](O)[C@H]1O[C@H]1C(OCC)OCC. The topological polar surface area (TPSA) is 51.2 Å². The Morgan fingerprint density at radius 1 is 1.24 bits per heavy atom. The van der Waals surface area contributed by atoms with Crippen molar-refractivity contribution in [2.75, 3.05) is 13.2 Å². The number of rotatable bonds is 9. The van der Waals surface area contributed by atoms with Crippen molar-refractivity contribution in [2.45, 2.75) is 58.2 Å². The summed E-state index contributed by atoms with van der Waals surface area (Å²) in [6.45, 7) is 7.00. The van der Waals surface area contributed by atoms with E-state index in [0.717, 1.165) is 12.8 Å². The van der Waals surface area contributed by atoms with Gasteiger partial charge in [0.05, 0.1) is 6.10 Å². The predicted molar refractivity (Wildman–Crippen MR) is 65.8 cm³/mol. The summed E-state index contributed by atoms with van der Waals surface area (Å²) >= 11 is 0. The molecule has 3 atom stereocenters. The minimum absolute atomic E-state index is 0.115. The molecule has 0 aliphatic carbocycles. The van der Waals surface area contributed by atoms with E-state index in [1.807, 2.05) is 32.9 Å². The zero-order valence-corrected chi connectivity index (χ0v) is 11.0. The molecular formula is C13H24O4. The smallest absolute Gasteiger partial charge is 0.186 e. The van der Waals surface area contributed by atoms with Crippen LogP contribution in [0.2, 0.25) is 0 Å². The lowest BCUT2D eigenvalue weighted by molar-refractivity contribution is -0.147. The second kappa shape index (κ2) is 7.82. The Balaban J connectivity index is 2.29. The molecule has 4 heteroatoms. The molecule has 4 nitrogen and oxygen atoms in total. The molecule has 1 N–H and O–H groups in total. The van der Waals surface area contributed by atoms with Crippen LogP contribution in [0.25, 0.3) is 0 Å². The van der Waals surface area contributed by atoms with Crippen molar-refractivity contribution in [2.24, 2.45) is 0 Å². The van der Waals surface area contributed by atoms with Gasteiger partial charge in [-0.2, -0.15) is 0 Å². The van der Waals surface area contributed by atoms with Gasteiger partial charge in [0.2, 0.25) is 0 Å². The van der Waals surface area contributed by atoms with E-state index < -0.39 is 6.10 Å². The highest BCUT2D eigenvalue weighted by Crippen LogP contribution is 2.32. The molecule has 0 spiro atoms. The Labute approximate surface area is 104 Å². The first-order chi connectivity index (χ1) is 8.24. The lowest BCUT2D eigenvalue weighted by Crippen LogP contribution is -2.28. The number of ether oxygens (including phenoxy) is 3. The number of aliphatic hydroxyl groups is 1. The largest absolute Gasteiger partial charge is 0.390 e. The Bertz CT molecular complexity index is 223. The molecule has 0 bridgehead atoms. The summed E-state index contributed by atoms with van der Waals surface area (Å²) in [5.41, 5.74) is 0. The van der Waals surface area contributed by atoms with Gasteiger partial charge in [0.1, 0.15) is 12.2 Å². The van der Waals surface area contributed by atoms with E-state index in [-0.39, 0.29) is 18.5 Å². The zero-order chi connectivity index (χ0) is 12.7. The average Bonchev–Trinajstić information content (AvgIpc) is 3.09. The average molecular weight is 244 g/mol. The van der Waals surface area contributed by atoms with Crippen LogP contribution in [0.1, 0.15) is 33.6 Å². The number of hydrogen-bond donors (Lipinski definition) is 1. The van der Waals surface area contributed by atoms with Gasteiger partial charge >= 0.3 is 0 Å². The quantitative estimate of drug-likeness (QED) is 0.382. The molecule has 1 rings (SSSR count). The summed E-state index contributed by atoms with van der Waals surface area (Å²) in [4.78, 5) is 0. The molecule has 0 aromatic rings. The third-order valence-electron chi connectivity index (χ3n) is 2.74. The van der Waals surface area contributed by atoms with Gasteiger partial charge in [0.15, 0.2) is 6.29 Å². The highest BCUT2D eigenvalue weighted by Gasteiger charge is 2.50. The van der Waals surface area contributed by atoms with Crippen LogP contribution in [0, 0.1) is 0 Å². The van der Waals surface area contributed by atoms with E-state index in [0.29, 0.717) is 13.2 Å². The second-order valence-electron chi connectivity index (χ2n) is 4.06. The first-order valence-corrected chi connectivity index (χ1v) is 6.42. The number of epoxide rings is 1. The summed E-state index contributed by atoms with van der Waals surface area (Å²) in [7, 11) is 0. The lowest BCUT2D eigenvalue weighted by atomic mass is 10.1. The molecule has 17 heavy (non-hydrogen) atoms. The van der Waals surface area contributed by atoms with Crippen LogP contribution in [0.5, 0.6) is 0 Å². The van der Waals surface area contributed by atoms with Crippen LogP contribution in [-0.2, 0) is 14.2 Å². The minimum atomic E-state index is -0.431. The van der Waals surface area contributed by atoms with Gasteiger partial charge in [-0.25, -0.2) is 0 Å². The first kappa shape index (κ1) is 14.6. The summed E-state index contributed by atoms with van der Waals surface area (Å²) in [5, 5.41) is 9.90. The molecule has 0 radical (unpaired) electrons. The van der Waals surface area contributed by atoms with Gasteiger partial charge in [0.25, 0.3) is 0 Å². The molecule has 1 saturated heterocycles. The summed E-state index contributed by atoms with van der Waals surface area (Å²) in [5.74, 6) is 0. The molecular weight excluding hydrogens is 220 g/mol. The monoisotopic (exact) mass is 244 g/mol. The number of aliphatic hydroxyl groups excluding tert-OH is 1. The van der Waals surface area contributed by atoms with Gasteiger partial charge in [-0.05, 0) is 33.6 Å². The fraction of sp³-hybridized carbons (Fsp3) is 0.846. The molecule has 1 aliphatic heterocycles. The summed E-state index contributed by atoms with van der Waals surface area (Å²) in [6, 6.07) is 0. The standard InChI is InChI=1S/C13H24O4/c1-4-7-8-9-10(14)11-12(17-11)13(15-5-2)16-6-3/h4,7,10-14H,5-6,8-9H2,1-3H3/b7-4+/t10-,11+,12+/m0/s1. The maximum Gasteiger partial charge on any atom is 0.186 e. The summed E-state index contributed by atoms with van der Waals surface area (Å²) < 4.78 is 16.3. The van der Waals surface area contributed by atoms with Crippen molar-refractivity contribution >= 4 is 0 Å². The Morgan fingerprint density at radius 3 is 2.41 bits per heavy atom. The fourth-order valence-corrected chi connectivity index (χ4v) is 1.83. The number of hydrogen-bond acceptors (Lipinski definition) is 4. The summed E-state index contributed by atoms with van der Waals surface area (Å²) in [6.07, 6.45) is 4.60.